The second-order valence-electron chi connectivity index (χ2n) is 5.66. The topological polar surface area (TPSA) is 43.3 Å². The molecule has 0 N–H and O–H groups in total. The highest BCUT2D eigenvalue weighted by molar-refractivity contribution is 5.92. The van der Waals surface area contributed by atoms with Gasteiger partial charge in [-0.1, -0.05) is 12.5 Å². The molecule has 5 nitrogen and oxygen atoms in total. The Kier molecular flexibility index (Phi) is 5.52. The maximum absolute atomic E-state index is 5.64. The minimum Gasteiger partial charge on any atom is -0.493 e. The summed E-state index contributed by atoms with van der Waals surface area (Å²) in [7, 11) is 8.87. The van der Waals surface area contributed by atoms with E-state index in [9.17, 15) is 0 Å². The van der Waals surface area contributed by atoms with Crippen LogP contribution in [0.4, 0.5) is 0 Å². The molecule has 2 rings (SSSR count). The molecule has 0 saturated heterocycles. The van der Waals surface area contributed by atoms with Gasteiger partial charge >= 0.3 is 0 Å². The fourth-order valence-corrected chi connectivity index (χ4v) is 3.11. The van der Waals surface area contributed by atoms with E-state index in [0.717, 1.165) is 24.2 Å². The third kappa shape index (κ3) is 3.29. The first-order chi connectivity index (χ1) is 10.6. The average molecular weight is 306 g/mol. The summed E-state index contributed by atoms with van der Waals surface area (Å²) >= 11 is 0. The molecule has 1 aromatic carbocycles. The van der Waals surface area contributed by atoms with Gasteiger partial charge in [-0.2, -0.15) is 5.10 Å². The summed E-state index contributed by atoms with van der Waals surface area (Å²) < 4.78 is 16.5. The lowest BCUT2D eigenvalue weighted by Crippen LogP contribution is -2.21. The molecule has 1 atom stereocenters. The Hall–Kier alpha value is -1.91. The quantitative estimate of drug-likeness (QED) is 0.783. The van der Waals surface area contributed by atoms with Crippen LogP contribution in [0.15, 0.2) is 17.2 Å². The van der Waals surface area contributed by atoms with Crippen LogP contribution >= 0.6 is 0 Å². The van der Waals surface area contributed by atoms with E-state index in [-0.39, 0.29) is 5.92 Å². The summed E-state index contributed by atoms with van der Waals surface area (Å²) in [6.07, 6.45) is 4.51. The fraction of sp³-hybridized carbons (Fsp3) is 0.588. The van der Waals surface area contributed by atoms with E-state index in [2.05, 4.69) is 6.07 Å². The summed E-state index contributed by atoms with van der Waals surface area (Å²) in [6, 6.07) is 4.01. The first-order valence-electron chi connectivity index (χ1n) is 7.65. The predicted molar refractivity (Wildman–Crippen MR) is 88.4 cm³/mol. The molecule has 1 aliphatic rings. The van der Waals surface area contributed by atoms with Crippen molar-refractivity contribution in [3.05, 3.63) is 17.7 Å². The molecule has 0 aromatic heterocycles. The summed E-state index contributed by atoms with van der Waals surface area (Å²) in [5.41, 5.74) is 2.34. The lowest BCUT2D eigenvalue weighted by Gasteiger charge is -2.28. The standard InChI is InChI=1S/C17H26N2O3/c1-19(2)18-14-9-7-6-8-12(14)13-10-11-15(20-3)17(22-5)16(13)21-4/h10-12H,6-9H2,1-5H3/b18-14+. The molecule has 0 spiro atoms. The zero-order valence-electron chi connectivity index (χ0n) is 14.2. The monoisotopic (exact) mass is 306 g/mol. The minimum absolute atomic E-state index is 0.269. The fourth-order valence-electron chi connectivity index (χ4n) is 3.11. The number of ether oxygens (including phenoxy) is 3. The Morgan fingerprint density at radius 3 is 2.32 bits per heavy atom. The zero-order chi connectivity index (χ0) is 16.1. The molecule has 0 radical (unpaired) electrons. The van der Waals surface area contributed by atoms with Gasteiger partial charge in [0.05, 0.1) is 21.3 Å². The molecule has 0 amide bonds. The molecule has 0 bridgehead atoms. The highest BCUT2D eigenvalue weighted by Crippen LogP contribution is 2.45. The van der Waals surface area contributed by atoms with Gasteiger partial charge in [-0.25, -0.2) is 0 Å². The number of rotatable bonds is 5. The average Bonchev–Trinajstić information content (AvgIpc) is 2.53. The Bertz CT molecular complexity index is 541. The summed E-state index contributed by atoms with van der Waals surface area (Å²) in [4.78, 5) is 0. The SMILES string of the molecule is COc1ccc(C2CCCC/C2=N\N(C)C)c(OC)c1OC. The Morgan fingerprint density at radius 2 is 1.73 bits per heavy atom. The number of hydrogen-bond donors (Lipinski definition) is 0. The van der Waals surface area contributed by atoms with E-state index in [1.165, 1.54) is 18.6 Å². The summed E-state index contributed by atoms with van der Waals surface area (Å²) in [5, 5.41) is 6.57. The molecule has 122 valence electrons. The van der Waals surface area contributed by atoms with E-state index >= 15 is 0 Å². The number of methoxy groups -OCH3 is 3. The van der Waals surface area contributed by atoms with E-state index in [1.807, 2.05) is 25.2 Å². The highest BCUT2D eigenvalue weighted by Gasteiger charge is 2.28. The van der Waals surface area contributed by atoms with Crippen molar-refractivity contribution in [1.82, 2.24) is 5.01 Å². The maximum Gasteiger partial charge on any atom is 0.203 e. The number of hydrogen-bond acceptors (Lipinski definition) is 5. The van der Waals surface area contributed by atoms with Crippen LogP contribution in [0.3, 0.4) is 0 Å². The van der Waals surface area contributed by atoms with Crippen molar-refractivity contribution in [1.29, 1.82) is 0 Å². The molecule has 1 unspecified atom stereocenters. The zero-order valence-corrected chi connectivity index (χ0v) is 14.2. The number of benzene rings is 1. The highest BCUT2D eigenvalue weighted by atomic mass is 16.5. The van der Waals surface area contributed by atoms with Crippen molar-refractivity contribution in [2.75, 3.05) is 35.4 Å². The van der Waals surface area contributed by atoms with Gasteiger partial charge in [0.25, 0.3) is 0 Å². The first-order valence-corrected chi connectivity index (χ1v) is 7.65. The minimum atomic E-state index is 0.269. The van der Waals surface area contributed by atoms with Gasteiger partial charge in [-0.15, -0.1) is 0 Å². The Labute approximate surface area is 132 Å². The van der Waals surface area contributed by atoms with Crippen molar-refractivity contribution >= 4 is 5.71 Å². The van der Waals surface area contributed by atoms with Crippen LogP contribution in [0.2, 0.25) is 0 Å². The van der Waals surface area contributed by atoms with Crippen molar-refractivity contribution in [3.8, 4) is 17.2 Å². The van der Waals surface area contributed by atoms with Gasteiger partial charge in [0, 0.05) is 31.3 Å². The van der Waals surface area contributed by atoms with Crippen LogP contribution < -0.4 is 14.2 Å². The lowest BCUT2D eigenvalue weighted by atomic mass is 9.81. The van der Waals surface area contributed by atoms with E-state index in [4.69, 9.17) is 19.3 Å². The van der Waals surface area contributed by atoms with Crippen molar-refractivity contribution < 1.29 is 14.2 Å². The second-order valence-corrected chi connectivity index (χ2v) is 5.66. The van der Waals surface area contributed by atoms with Gasteiger partial charge in [0.1, 0.15) is 0 Å². The van der Waals surface area contributed by atoms with Gasteiger partial charge in [0.15, 0.2) is 11.5 Å². The Balaban J connectivity index is 2.50. The molecule has 1 saturated carbocycles. The molecule has 0 heterocycles. The van der Waals surface area contributed by atoms with E-state index in [1.54, 1.807) is 21.3 Å². The largest absolute Gasteiger partial charge is 0.493 e. The molecular weight excluding hydrogens is 280 g/mol. The van der Waals surface area contributed by atoms with Crippen LogP contribution in [-0.4, -0.2) is 46.1 Å². The molecule has 1 aliphatic carbocycles. The first kappa shape index (κ1) is 16.5. The smallest absolute Gasteiger partial charge is 0.203 e. The van der Waals surface area contributed by atoms with E-state index in [0.29, 0.717) is 11.5 Å². The predicted octanol–water partition coefficient (Wildman–Crippen LogP) is 3.29. The molecule has 22 heavy (non-hydrogen) atoms. The third-order valence-corrected chi connectivity index (χ3v) is 4.02. The van der Waals surface area contributed by atoms with Crippen LogP contribution in [0.25, 0.3) is 0 Å². The van der Waals surface area contributed by atoms with Crippen LogP contribution in [0.1, 0.15) is 37.2 Å². The molecule has 0 aliphatic heterocycles. The van der Waals surface area contributed by atoms with Gasteiger partial charge in [-0.3, -0.25) is 0 Å². The second kappa shape index (κ2) is 7.38. The van der Waals surface area contributed by atoms with Crippen molar-refractivity contribution in [3.63, 3.8) is 0 Å². The Morgan fingerprint density at radius 1 is 1.00 bits per heavy atom. The molecule has 5 heteroatoms. The van der Waals surface area contributed by atoms with Gasteiger partial charge in [0.2, 0.25) is 5.75 Å². The maximum atomic E-state index is 5.64. The number of hydrazone groups is 1. The third-order valence-electron chi connectivity index (χ3n) is 4.02. The van der Waals surface area contributed by atoms with Crippen LogP contribution in [0.5, 0.6) is 17.2 Å². The normalized spacial score (nSPS) is 19.9. The number of nitrogens with zero attached hydrogens (tertiary/aromatic N) is 2. The summed E-state index contributed by atoms with van der Waals surface area (Å²) in [6.45, 7) is 0. The van der Waals surface area contributed by atoms with Gasteiger partial charge in [-0.05, 0) is 25.3 Å². The van der Waals surface area contributed by atoms with E-state index < -0.39 is 0 Å². The molecule has 1 aromatic rings. The van der Waals surface area contributed by atoms with Crippen molar-refractivity contribution in [2.45, 2.75) is 31.6 Å². The summed E-state index contributed by atoms with van der Waals surface area (Å²) in [5.74, 6) is 2.35. The molecule has 1 fully saturated rings. The lowest BCUT2D eigenvalue weighted by molar-refractivity contribution is 0.321. The van der Waals surface area contributed by atoms with Crippen LogP contribution in [0, 0.1) is 0 Å². The van der Waals surface area contributed by atoms with Gasteiger partial charge < -0.3 is 19.2 Å². The molecular formula is C17H26N2O3. The van der Waals surface area contributed by atoms with Crippen LogP contribution in [-0.2, 0) is 0 Å². The van der Waals surface area contributed by atoms with Crippen molar-refractivity contribution in [2.24, 2.45) is 5.10 Å².